The normalized spacial score (nSPS) is 16.3. The molecule has 1 N–H and O–H groups in total. The van der Waals surface area contributed by atoms with Gasteiger partial charge < -0.3 is 10.2 Å². The number of carbonyl (C=O) groups excluding carboxylic acids is 2. The Balaban J connectivity index is 1.57. The highest BCUT2D eigenvalue weighted by atomic mass is 16.2. The van der Waals surface area contributed by atoms with E-state index in [9.17, 15) is 9.59 Å². The molecule has 0 bridgehead atoms. The van der Waals surface area contributed by atoms with Crippen LogP contribution < -0.4 is 10.2 Å². The highest BCUT2D eigenvalue weighted by molar-refractivity contribution is 6.06. The number of benzene rings is 2. The Morgan fingerprint density at radius 2 is 1.92 bits per heavy atom. The lowest BCUT2D eigenvalue weighted by molar-refractivity contribution is -0.116. The van der Waals surface area contributed by atoms with Crippen molar-refractivity contribution >= 4 is 23.2 Å². The average Bonchev–Trinajstić information content (AvgIpc) is 2.99. The van der Waals surface area contributed by atoms with E-state index in [0.29, 0.717) is 18.0 Å². The van der Waals surface area contributed by atoms with Crippen molar-refractivity contribution in [2.75, 3.05) is 16.8 Å². The molecule has 1 saturated carbocycles. The van der Waals surface area contributed by atoms with Crippen LogP contribution in [-0.4, -0.2) is 18.4 Å². The molecule has 0 unspecified atom stereocenters. The van der Waals surface area contributed by atoms with Crippen molar-refractivity contribution < 1.29 is 9.59 Å². The quantitative estimate of drug-likeness (QED) is 0.918. The number of hydrogen-bond acceptors (Lipinski definition) is 2. The Kier molecular flexibility index (Phi) is 4.04. The Bertz CT molecular complexity index is 840. The van der Waals surface area contributed by atoms with Gasteiger partial charge in [0.2, 0.25) is 5.91 Å². The van der Waals surface area contributed by atoms with E-state index in [4.69, 9.17) is 0 Å². The van der Waals surface area contributed by atoms with Gasteiger partial charge in [0, 0.05) is 36.0 Å². The van der Waals surface area contributed by atoms with Crippen molar-refractivity contribution in [2.45, 2.75) is 38.5 Å². The standard InChI is InChI=1S/C21H22N2O2/c1-14(24)23-12-11-18-19(9-4-10-20(18)23)22-21(25)17-8-3-7-16(13-17)15-5-2-6-15/h3-4,7-10,13,15H,2,5-6,11-12H2,1H3,(H,22,25). The number of rotatable bonds is 3. The second-order valence-corrected chi connectivity index (χ2v) is 6.93. The molecule has 4 rings (SSSR count). The smallest absolute Gasteiger partial charge is 0.255 e. The number of nitrogens with zero attached hydrogens (tertiary/aromatic N) is 1. The van der Waals surface area contributed by atoms with E-state index < -0.39 is 0 Å². The second-order valence-electron chi connectivity index (χ2n) is 6.93. The minimum absolute atomic E-state index is 0.0374. The van der Waals surface area contributed by atoms with Crippen molar-refractivity contribution in [2.24, 2.45) is 0 Å². The van der Waals surface area contributed by atoms with Gasteiger partial charge in [-0.1, -0.05) is 24.6 Å². The first-order chi connectivity index (χ1) is 12.1. The molecule has 4 nitrogen and oxygen atoms in total. The van der Waals surface area contributed by atoms with Crippen molar-refractivity contribution in [1.82, 2.24) is 0 Å². The Morgan fingerprint density at radius 1 is 1.12 bits per heavy atom. The molecule has 2 amide bonds. The van der Waals surface area contributed by atoms with Gasteiger partial charge in [-0.3, -0.25) is 9.59 Å². The van der Waals surface area contributed by atoms with E-state index in [1.165, 1.54) is 24.8 Å². The molecule has 0 aromatic heterocycles. The van der Waals surface area contributed by atoms with Gasteiger partial charge in [0.05, 0.1) is 0 Å². The maximum absolute atomic E-state index is 12.7. The van der Waals surface area contributed by atoms with E-state index >= 15 is 0 Å². The van der Waals surface area contributed by atoms with Gasteiger partial charge in [-0.25, -0.2) is 0 Å². The largest absolute Gasteiger partial charge is 0.322 e. The summed E-state index contributed by atoms with van der Waals surface area (Å²) >= 11 is 0. The summed E-state index contributed by atoms with van der Waals surface area (Å²) in [5, 5.41) is 3.04. The highest BCUT2D eigenvalue weighted by Crippen LogP contribution is 2.37. The second kappa shape index (κ2) is 6.36. The molecule has 1 heterocycles. The van der Waals surface area contributed by atoms with Crippen LogP contribution in [0.15, 0.2) is 42.5 Å². The van der Waals surface area contributed by atoms with E-state index in [0.717, 1.165) is 23.4 Å². The first kappa shape index (κ1) is 15.9. The summed E-state index contributed by atoms with van der Waals surface area (Å²) in [6.07, 6.45) is 4.49. The van der Waals surface area contributed by atoms with Gasteiger partial charge in [-0.05, 0) is 55.0 Å². The molecule has 4 heteroatoms. The number of carbonyl (C=O) groups is 2. The minimum Gasteiger partial charge on any atom is -0.322 e. The maximum Gasteiger partial charge on any atom is 0.255 e. The Morgan fingerprint density at radius 3 is 2.64 bits per heavy atom. The molecule has 25 heavy (non-hydrogen) atoms. The molecule has 2 aromatic rings. The summed E-state index contributed by atoms with van der Waals surface area (Å²) in [6, 6.07) is 13.7. The van der Waals surface area contributed by atoms with Gasteiger partial charge in [0.25, 0.3) is 5.91 Å². The van der Waals surface area contributed by atoms with Gasteiger partial charge in [0.15, 0.2) is 0 Å². The molecule has 128 valence electrons. The van der Waals surface area contributed by atoms with Crippen LogP contribution in [-0.2, 0) is 11.2 Å². The molecule has 0 spiro atoms. The zero-order valence-electron chi connectivity index (χ0n) is 14.4. The summed E-state index contributed by atoms with van der Waals surface area (Å²) in [4.78, 5) is 26.2. The average molecular weight is 334 g/mol. The fourth-order valence-corrected chi connectivity index (χ4v) is 3.75. The summed E-state index contributed by atoms with van der Waals surface area (Å²) < 4.78 is 0. The third-order valence-electron chi connectivity index (χ3n) is 5.38. The Labute approximate surface area is 147 Å². The zero-order chi connectivity index (χ0) is 17.4. The third-order valence-corrected chi connectivity index (χ3v) is 5.38. The molecule has 1 aliphatic carbocycles. The molecule has 1 aliphatic heterocycles. The predicted octanol–water partition coefficient (Wildman–Crippen LogP) is 4.12. The van der Waals surface area contributed by atoms with Crippen molar-refractivity contribution in [3.8, 4) is 0 Å². The first-order valence-electron chi connectivity index (χ1n) is 8.95. The lowest BCUT2D eigenvalue weighted by atomic mass is 9.79. The summed E-state index contributed by atoms with van der Waals surface area (Å²) in [6.45, 7) is 2.25. The van der Waals surface area contributed by atoms with Crippen LogP contribution in [0.25, 0.3) is 0 Å². The number of nitrogens with one attached hydrogen (secondary N) is 1. The lowest BCUT2D eigenvalue weighted by Gasteiger charge is -2.26. The van der Waals surface area contributed by atoms with E-state index in [1.54, 1.807) is 11.8 Å². The number of hydrogen-bond donors (Lipinski definition) is 1. The van der Waals surface area contributed by atoms with Crippen LogP contribution in [0.4, 0.5) is 11.4 Å². The lowest BCUT2D eigenvalue weighted by Crippen LogP contribution is -2.25. The van der Waals surface area contributed by atoms with Gasteiger partial charge in [-0.2, -0.15) is 0 Å². The first-order valence-corrected chi connectivity index (χ1v) is 8.95. The van der Waals surface area contributed by atoms with Crippen molar-refractivity contribution in [1.29, 1.82) is 0 Å². The van der Waals surface area contributed by atoms with Crippen LogP contribution in [0, 0.1) is 0 Å². The molecule has 2 aliphatic rings. The SMILES string of the molecule is CC(=O)N1CCc2c(NC(=O)c3cccc(C4CCC4)c3)cccc21. The van der Waals surface area contributed by atoms with Crippen molar-refractivity contribution in [3.63, 3.8) is 0 Å². The van der Waals surface area contributed by atoms with Crippen molar-refractivity contribution in [3.05, 3.63) is 59.2 Å². The van der Waals surface area contributed by atoms with Gasteiger partial charge in [0.1, 0.15) is 0 Å². The monoisotopic (exact) mass is 334 g/mol. The van der Waals surface area contributed by atoms with Crippen LogP contribution in [0.5, 0.6) is 0 Å². The summed E-state index contributed by atoms with van der Waals surface area (Å²) in [5.41, 5.74) is 4.72. The predicted molar refractivity (Wildman–Crippen MR) is 99.2 cm³/mol. The van der Waals surface area contributed by atoms with E-state index in [1.807, 2.05) is 36.4 Å². The maximum atomic E-state index is 12.7. The minimum atomic E-state index is -0.0872. The number of amides is 2. The van der Waals surface area contributed by atoms with Crippen LogP contribution in [0.2, 0.25) is 0 Å². The number of anilines is 2. The van der Waals surface area contributed by atoms with Crippen LogP contribution in [0.1, 0.15) is 53.6 Å². The molecule has 1 fully saturated rings. The van der Waals surface area contributed by atoms with Gasteiger partial charge >= 0.3 is 0 Å². The molecule has 0 atom stereocenters. The summed E-state index contributed by atoms with van der Waals surface area (Å²) in [5.74, 6) is 0.559. The topological polar surface area (TPSA) is 49.4 Å². The fraction of sp³-hybridized carbons (Fsp3) is 0.333. The molecule has 2 aromatic carbocycles. The van der Waals surface area contributed by atoms with E-state index in [2.05, 4.69) is 11.4 Å². The molecular formula is C21H22N2O2. The Hall–Kier alpha value is -2.62. The van der Waals surface area contributed by atoms with Gasteiger partial charge in [-0.15, -0.1) is 0 Å². The third kappa shape index (κ3) is 2.93. The highest BCUT2D eigenvalue weighted by Gasteiger charge is 2.25. The molecular weight excluding hydrogens is 312 g/mol. The number of fused-ring (bicyclic) bond motifs is 1. The zero-order valence-corrected chi connectivity index (χ0v) is 14.4. The fourth-order valence-electron chi connectivity index (χ4n) is 3.75. The van der Waals surface area contributed by atoms with Crippen LogP contribution >= 0.6 is 0 Å². The molecule has 0 saturated heterocycles. The molecule has 0 radical (unpaired) electrons. The summed E-state index contributed by atoms with van der Waals surface area (Å²) in [7, 11) is 0. The van der Waals surface area contributed by atoms with Crippen LogP contribution in [0.3, 0.4) is 0 Å². The van der Waals surface area contributed by atoms with E-state index in [-0.39, 0.29) is 11.8 Å².